The lowest BCUT2D eigenvalue weighted by Gasteiger charge is -1.89. The number of hydrogen-bond donors (Lipinski definition) is 1. The van der Waals surface area contributed by atoms with Gasteiger partial charge in [-0.05, 0) is 0 Å². The Bertz CT molecular complexity index is 266. The van der Waals surface area contributed by atoms with Crippen LogP contribution in [-0.2, 0) is 0 Å². The number of fused-ring (bicyclic) bond motifs is 1. The molecule has 0 saturated heterocycles. The average molecular weight is 124 g/mol. The maximum atomic E-state index is 10.1. The first-order valence-electron chi connectivity index (χ1n) is 2.46. The van der Waals surface area contributed by atoms with Crippen molar-refractivity contribution in [2.24, 2.45) is 5.84 Å². The van der Waals surface area contributed by atoms with E-state index in [0.717, 1.165) is 5.69 Å². The van der Waals surface area contributed by atoms with E-state index in [2.05, 4.69) is 0 Å². The molecule has 2 N–H and O–H groups in total. The molecule has 1 aliphatic rings. The molecule has 9 heavy (non-hydrogen) atoms. The van der Waals surface area contributed by atoms with Gasteiger partial charge in [0.1, 0.15) is 17.6 Å². The minimum absolute atomic E-state index is 0.313. The van der Waals surface area contributed by atoms with Crippen LogP contribution in [0, 0.1) is 0 Å². The van der Waals surface area contributed by atoms with E-state index in [0.29, 0.717) is 17.7 Å². The third kappa shape index (κ3) is 0.383. The molecule has 0 atom stereocenters. The van der Waals surface area contributed by atoms with E-state index in [1.807, 2.05) is 0 Å². The number of anilines is 2. The van der Waals surface area contributed by atoms with Crippen LogP contribution in [0.1, 0.15) is 10.6 Å². The molecule has 0 unspecified atom stereocenters. The van der Waals surface area contributed by atoms with Gasteiger partial charge in [-0.15, -0.1) is 0 Å². The van der Waals surface area contributed by atoms with Crippen molar-refractivity contribution in [2.75, 3.05) is 5.01 Å². The Balaban J connectivity index is 2.53. The highest BCUT2D eigenvalue weighted by atomic mass is 16.3. The second-order valence-corrected chi connectivity index (χ2v) is 1.82. The highest BCUT2D eigenvalue weighted by Crippen LogP contribution is 2.48. The third-order valence-electron chi connectivity index (χ3n) is 1.33. The molecule has 0 amide bonds. The molecule has 1 aliphatic heterocycles. The highest BCUT2D eigenvalue weighted by molar-refractivity contribution is 6.01. The van der Waals surface area contributed by atoms with Gasteiger partial charge in [0.2, 0.25) is 0 Å². The zero-order valence-corrected chi connectivity index (χ0v) is 4.50. The molecule has 0 spiro atoms. The summed E-state index contributed by atoms with van der Waals surface area (Å²) >= 11 is 0. The van der Waals surface area contributed by atoms with Crippen LogP contribution in [0.2, 0.25) is 0 Å². The van der Waals surface area contributed by atoms with Crippen molar-refractivity contribution in [1.82, 2.24) is 0 Å². The van der Waals surface area contributed by atoms with Gasteiger partial charge in [0.15, 0.2) is 12.0 Å². The Morgan fingerprint density at radius 2 is 2.56 bits per heavy atom. The minimum atomic E-state index is 0.313. The maximum Gasteiger partial charge on any atom is 0.193 e. The van der Waals surface area contributed by atoms with Crippen molar-refractivity contribution < 1.29 is 9.21 Å². The third-order valence-corrected chi connectivity index (χ3v) is 1.33. The van der Waals surface area contributed by atoms with Crippen LogP contribution in [-0.4, -0.2) is 6.29 Å². The molecule has 46 valence electrons. The molecule has 1 aromatic heterocycles. The summed E-state index contributed by atoms with van der Waals surface area (Å²) in [6.45, 7) is 0. The molecule has 1 aromatic rings. The second kappa shape index (κ2) is 1.16. The van der Waals surface area contributed by atoms with E-state index in [1.165, 1.54) is 11.3 Å². The number of furan rings is 1. The van der Waals surface area contributed by atoms with E-state index in [4.69, 9.17) is 10.3 Å². The van der Waals surface area contributed by atoms with Crippen LogP contribution in [0.5, 0.6) is 0 Å². The van der Waals surface area contributed by atoms with E-state index < -0.39 is 0 Å². The van der Waals surface area contributed by atoms with Gasteiger partial charge in [0.05, 0.1) is 0 Å². The van der Waals surface area contributed by atoms with E-state index >= 15 is 0 Å². The van der Waals surface area contributed by atoms with Crippen LogP contribution in [0.3, 0.4) is 0 Å². The molecule has 4 nitrogen and oxygen atoms in total. The smallest absolute Gasteiger partial charge is 0.193 e. The molecule has 2 rings (SSSR count). The molecular formula is C5H4N2O2. The molecule has 0 radical (unpaired) electrons. The molecular weight excluding hydrogens is 120 g/mol. The average Bonchev–Trinajstić information content (AvgIpc) is 2.41. The summed E-state index contributed by atoms with van der Waals surface area (Å²) in [5.74, 6) is 5.62. The van der Waals surface area contributed by atoms with Gasteiger partial charge in [0.25, 0.3) is 0 Å². The number of hydrazine groups is 1. The first-order chi connectivity index (χ1) is 4.34. The Morgan fingerprint density at radius 1 is 1.78 bits per heavy atom. The summed E-state index contributed by atoms with van der Waals surface area (Å²) in [6, 6.07) is 0. The van der Waals surface area contributed by atoms with E-state index in [9.17, 15) is 4.79 Å². The van der Waals surface area contributed by atoms with Gasteiger partial charge in [-0.2, -0.15) is 0 Å². The van der Waals surface area contributed by atoms with Crippen LogP contribution in [0.4, 0.5) is 11.4 Å². The lowest BCUT2D eigenvalue weighted by atomic mass is 10.5. The standard InChI is InChI=1S/C5H4N2O2/c6-7-3-2-9-4(1-8)5(3)7/h1-2H,6H2. The number of hydrogen-bond acceptors (Lipinski definition) is 4. The predicted molar refractivity (Wildman–Crippen MR) is 30.4 cm³/mol. The van der Waals surface area contributed by atoms with Gasteiger partial charge in [-0.3, -0.25) is 9.80 Å². The Kier molecular flexibility index (Phi) is 0.592. The van der Waals surface area contributed by atoms with Gasteiger partial charge in [-0.25, -0.2) is 5.84 Å². The number of rotatable bonds is 1. The van der Waals surface area contributed by atoms with Crippen molar-refractivity contribution in [3.63, 3.8) is 0 Å². The quantitative estimate of drug-likeness (QED) is 0.335. The molecule has 0 fully saturated rings. The number of nitrogens with zero attached hydrogens (tertiary/aromatic N) is 1. The molecule has 4 heteroatoms. The van der Waals surface area contributed by atoms with Gasteiger partial charge >= 0.3 is 0 Å². The topological polar surface area (TPSA) is 59.2 Å². The molecule has 0 saturated carbocycles. The number of aldehydes is 1. The molecule has 0 aliphatic carbocycles. The maximum absolute atomic E-state index is 10.1. The fourth-order valence-corrected chi connectivity index (χ4v) is 0.807. The minimum Gasteiger partial charge on any atom is -0.457 e. The van der Waals surface area contributed by atoms with E-state index in [-0.39, 0.29) is 0 Å². The fraction of sp³-hybridized carbons (Fsp3) is 0. The van der Waals surface area contributed by atoms with Crippen molar-refractivity contribution in [1.29, 1.82) is 0 Å². The van der Waals surface area contributed by atoms with Crippen LogP contribution >= 0.6 is 0 Å². The zero-order valence-electron chi connectivity index (χ0n) is 4.50. The normalized spacial score (nSPS) is 13.2. The summed E-state index contributed by atoms with van der Waals surface area (Å²) in [7, 11) is 0. The first-order valence-corrected chi connectivity index (χ1v) is 2.46. The summed E-state index contributed by atoms with van der Waals surface area (Å²) in [5, 5.41) is 1.41. The highest BCUT2D eigenvalue weighted by Gasteiger charge is 2.33. The van der Waals surface area contributed by atoms with Crippen LogP contribution in [0.15, 0.2) is 10.7 Å². The van der Waals surface area contributed by atoms with Gasteiger partial charge in [-0.1, -0.05) is 0 Å². The molecule has 0 aromatic carbocycles. The fourth-order valence-electron chi connectivity index (χ4n) is 0.807. The van der Waals surface area contributed by atoms with Crippen molar-refractivity contribution in [2.45, 2.75) is 0 Å². The number of nitrogens with two attached hydrogens (primary N) is 1. The Hall–Kier alpha value is -1.29. The van der Waals surface area contributed by atoms with Crippen molar-refractivity contribution in [3.8, 4) is 0 Å². The second-order valence-electron chi connectivity index (χ2n) is 1.82. The summed E-state index contributed by atoms with van der Waals surface area (Å²) in [4.78, 5) is 10.1. The first kappa shape index (κ1) is 4.58. The van der Waals surface area contributed by atoms with Crippen LogP contribution < -0.4 is 10.9 Å². The summed E-state index contributed by atoms with van der Waals surface area (Å²) in [6.07, 6.45) is 2.10. The SMILES string of the molecule is NN1c2coc(C=O)c21. The predicted octanol–water partition coefficient (Wildman–Crippen LogP) is 0.417. The molecule has 2 heterocycles. The Morgan fingerprint density at radius 3 is 2.89 bits per heavy atom. The van der Waals surface area contributed by atoms with E-state index in [1.54, 1.807) is 0 Å². The lowest BCUT2D eigenvalue weighted by molar-refractivity contribution is 0.110. The summed E-state index contributed by atoms with van der Waals surface area (Å²) < 4.78 is 4.76. The molecule has 0 bridgehead atoms. The largest absolute Gasteiger partial charge is 0.457 e. The number of carbonyl (C=O) groups is 1. The lowest BCUT2D eigenvalue weighted by Crippen LogP contribution is -2.09. The summed E-state index contributed by atoms with van der Waals surface area (Å²) in [5.41, 5.74) is 1.52. The van der Waals surface area contributed by atoms with Crippen LogP contribution in [0.25, 0.3) is 0 Å². The van der Waals surface area contributed by atoms with Crippen molar-refractivity contribution >= 4 is 17.7 Å². The monoisotopic (exact) mass is 124 g/mol. The zero-order chi connectivity index (χ0) is 6.43. The number of carbonyl (C=O) groups excluding carboxylic acids is 1. The van der Waals surface area contributed by atoms with Gasteiger partial charge < -0.3 is 4.42 Å². The van der Waals surface area contributed by atoms with Gasteiger partial charge in [0, 0.05) is 0 Å². The van der Waals surface area contributed by atoms with Crippen molar-refractivity contribution in [3.05, 3.63) is 12.0 Å². The Labute approximate surface area is 50.8 Å².